The minimum atomic E-state index is -0.157. The Kier molecular flexibility index (Phi) is 7.86. The number of halogens is 1. The minimum absolute atomic E-state index is 0.0124. The van der Waals surface area contributed by atoms with Gasteiger partial charge >= 0.3 is 0 Å². The maximum Gasteiger partial charge on any atom is 0.127 e. The van der Waals surface area contributed by atoms with E-state index in [0.29, 0.717) is 6.04 Å². The molecule has 0 heterocycles. The van der Waals surface area contributed by atoms with Gasteiger partial charge in [-0.3, -0.25) is 0 Å². The highest BCUT2D eigenvalue weighted by atomic mass is 19.1. The van der Waals surface area contributed by atoms with Gasteiger partial charge < -0.3 is 15.3 Å². The zero-order valence-corrected chi connectivity index (χ0v) is 13.6. The average Bonchev–Trinajstić information content (AvgIpc) is 2.45. The molecule has 0 saturated heterocycles. The summed E-state index contributed by atoms with van der Waals surface area (Å²) in [4.78, 5) is 2.34. The highest BCUT2D eigenvalue weighted by Crippen LogP contribution is 2.25. The summed E-state index contributed by atoms with van der Waals surface area (Å²) in [7, 11) is 1.88. The van der Waals surface area contributed by atoms with Crippen molar-refractivity contribution in [2.24, 2.45) is 5.92 Å². The lowest BCUT2D eigenvalue weighted by molar-refractivity contribution is 0.157. The van der Waals surface area contributed by atoms with Crippen molar-refractivity contribution in [3.63, 3.8) is 0 Å². The summed E-state index contributed by atoms with van der Waals surface area (Å²) in [6.07, 6.45) is 0.773. The number of benzene rings is 1. The monoisotopic (exact) mass is 296 g/mol. The summed E-state index contributed by atoms with van der Waals surface area (Å²) in [5.41, 5.74) is 0.721. The molecule has 4 heteroatoms. The van der Waals surface area contributed by atoms with E-state index in [4.69, 9.17) is 5.11 Å². The van der Waals surface area contributed by atoms with Gasteiger partial charge in [0.05, 0.1) is 0 Å². The fourth-order valence-electron chi connectivity index (χ4n) is 2.78. The van der Waals surface area contributed by atoms with Crippen molar-refractivity contribution in [3.8, 4) is 0 Å². The van der Waals surface area contributed by atoms with E-state index < -0.39 is 0 Å². The van der Waals surface area contributed by atoms with Crippen molar-refractivity contribution in [2.45, 2.75) is 39.3 Å². The number of hydrogen-bond donors (Lipinski definition) is 2. The third-order valence-corrected chi connectivity index (χ3v) is 3.98. The van der Waals surface area contributed by atoms with E-state index in [1.165, 1.54) is 6.07 Å². The van der Waals surface area contributed by atoms with Crippen LogP contribution >= 0.6 is 0 Å². The van der Waals surface area contributed by atoms with Crippen LogP contribution in [0.1, 0.15) is 38.8 Å². The first-order valence-electron chi connectivity index (χ1n) is 7.77. The van der Waals surface area contributed by atoms with Crippen LogP contribution in [0, 0.1) is 11.7 Å². The van der Waals surface area contributed by atoms with Crippen LogP contribution in [0.3, 0.4) is 0 Å². The number of nitrogens with zero attached hydrogens (tertiary/aromatic N) is 1. The fourth-order valence-corrected chi connectivity index (χ4v) is 2.78. The van der Waals surface area contributed by atoms with Crippen molar-refractivity contribution in [3.05, 3.63) is 35.6 Å². The quantitative estimate of drug-likeness (QED) is 0.735. The molecular weight excluding hydrogens is 267 g/mol. The average molecular weight is 296 g/mol. The molecule has 1 aromatic carbocycles. The maximum atomic E-state index is 14.0. The van der Waals surface area contributed by atoms with E-state index in [-0.39, 0.29) is 24.4 Å². The van der Waals surface area contributed by atoms with E-state index in [9.17, 15) is 4.39 Å². The van der Waals surface area contributed by atoms with Gasteiger partial charge in [0.2, 0.25) is 0 Å². The molecule has 3 nitrogen and oxygen atoms in total. The Morgan fingerprint density at radius 1 is 1.24 bits per heavy atom. The van der Waals surface area contributed by atoms with Gasteiger partial charge in [0, 0.05) is 37.3 Å². The van der Waals surface area contributed by atoms with Crippen LogP contribution < -0.4 is 5.32 Å². The Morgan fingerprint density at radius 2 is 1.90 bits per heavy atom. The summed E-state index contributed by atoms with van der Waals surface area (Å²) in [6.45, 7) is 8.40. The van der Waals surface area contributed by atoms with Gasteiger partial charge in [0.25, 0.3) is 0 Å². The Morgan fingerprint density at radius 3 is 2.43 bits per heavy atom. The van der Waals surface area contributed by atoms with Crippen molar-refractivity contribution < 1.29 is 9.50 Å². The third-order valence-electron chi connectivity index (χ3n) is 3.98. The first kappa shape index (κ1) is 18.1. The molecule has 2 unspecified atom stereocenters. The van der Waals surface area contributed by atoms with Gasteiger partial charge in [-0.2, -0.15) is 0 Å². The largest absolute Gasteiger partial charge is 0.396 e. The van der Waals surface area contributed by atoms with Gasteiger partial charge in [0.1, 0.15) is 5.82 Å². The lowest BCUT2D eigenvalue weighted by Gasteiger charge is -2.33. The number of aliphatic hydroxyl groups is 1. The topological polar surface area (TPSA) is 35.5 Å². The van der Waals surface area contributed by atoms with Gasteiger partial charge in [0.15, 0.2) is 0 Å². The van der Waals surface area contributed by atoms with E-state index in [1.54, 1.807) is 6.07 Å². The smallest absolute Gasteiger partial charge is 0.127 e. The standard InChI is InChI=1S/C17H29FN2O/c1-13(2)20(10-7-11-21)12-14(3)17(19-4)15-8-5-6-9-16(15)18/h5-6,8-9,13-14,17,19,21H,7,10-12H2,1-4H3. The molecule has 120 valence electrons. The van der Waals surface area contributed by atoms with Crippen molar-refractivity contribution >= 4 is 0 Å². The molecule has 0 radical (unpaired) electrons. The molecule has 2 N–H and O–H groups in total. The number of aliphatic hydroxyl groups excluding tert-OH is 1. The summed E-state index contributed by atoms with van der Waals surface area (Å²) in [6, 6.07) is 7.36. The molecule has 1 aromatic rings. The molecule has 1 rings (SSSR count). The van der Waals surface area contributed by atoms with Crippen LogP contribution in [-0.4, -0.2) is 42.8 Å². The molecule has 0 saturated carbocycles. The Bertz CT molecular complexity index is 412. The normalized spacial score (nSPS) is 14.7. The van der Waals surface area contributed by atoms with Crippen LogP contribution in [0.2, 0.25) is 0 Å². The van der Waals surface area contributed by atoms with Crippen LogP contribution in [-0.2, 0) is 0 Å². The molecule has 21 heavy (non-hydrogen) atoms. The first-order chi connectivity index (χ1) is 10.0. The molecule has 0 fully saturated rings. The van der Waals surface area contributed by atoms with E-state index >= 15 is 0 Å². The third kappa shape index (κ3) is 5.38. The van der Waals surface area contributed by atoms with Gasteiger partial charge in [-0.05, 0) is 39.3 Å². The molecule has 0 spiro atoms. The van der Waals surface area contributed by atoms with Crippen LogP contribution in [0.25, 0.3) is 0 Å². The Hall–Kier alpha value is -0.970. The summed E-state index contributed by atoms with van der Waals surface area (Å²) in [5.74, 6) is 0.114. The summed E-state index contributed by atoms with van der Waals surface area (Å²) >= 11 is 0. The molecular formula is C17H29FN2O. The van der Waals surface area contributed by atoms with Crippen molar-refractivity contribution in [1.29, 1.82) is 0 Å². The van der Waals surface area contributed by atoms with Crippen molar-refractivity contribution in [1.82, 2.24) is 10.2 Å². The lowest BCUT2D eigenvalue weighted by atomic mass is 9.93. The summed E-state index contributed by atoms with van der Waals surface area (Å²) < 4.78 is 14.0. The summed E-state index contributed by atoms with van der Waals surface area (Å²) in [5, 5.41) is 12.3. The number of nitrogens with one attached hydrogen (secondary N) is 1. The van der Waals surface area contributed by atoms with E-state index in [1.807, 2.05) is 19.2 Å². The van der Waals surface area contributed by atoms with E-state index in [2.05, 4.69) is 31.0 Å². The predicted octanol–water partition coefficient (Wildman–Crippen LogP) is 2.82. The Balaban J connectivity index is 2.78. The molecule has 0 aromatic heterocycles. The second kappa shape index (κ2) is 9.13. The van der Waals surface area contributed by atoms with Crippen LogP contribution in [0.15, 0.2) is 24.3 Å². The molecule has 0 bridgehead atoms. The molecule has 0 amide bonds. The minimum Gasteiger partial charge on any atom is -0.396 e. The maximum absolute atomic E-state index is 14.0. The molecule has 0 aliphatic rings. The zero-order valence-electron chi connectivity index (χ0n) is 13.6. The van der Waals surface area contributed by atoms with Gasteiger partial charge in [-0.1, -0.05) is 25.1 Å². The predicted molar refractivity (Wildman–Crippen MR) is 85.8 cm³/mol. The van der Waals surface area contributed by atoms with Crippen molar-refractivity contribution in [2.75, 3.05) is 26.7 Å². The highest BCUT2D eigenvalue weighted by Gasteiger charge is 2.23. The van der Waals surface area contributed by atoms with Crippen LogP contribution in [0.4, 0.5) is 4.39 Å². The molecule has 2 atom stereocenters. The SMILES string of the molecule is CNC(c1ccccc1F)C(C)CN(CCCO)C(C)C. The lowest BCUT2D eigenvalue weighted by Crippen LogP contribution is -2.39. The van der Waals surface area contributed by atoms with Crippen LogP contribution in [0.5, 0.6) is 0 Å². The van der Waals surface area contributed by atoms with E-state index in [0.717, 1.165) is 25.1 Å². The number of rotatable bonds is 9. The second-order valence-electron chi connectivity index (χ2n) is 5.93. The first-order valence-corrected chi connectivity index (χ1v) is 7.77. The molecule has 0 aliphatic carbocycles. The second-order valence-corrected chi connectivity index (χ2v) is 5.93. The zero-order chi connectivity index (χ0) is 15.8. The Labute approximate surface area is 128 Å². The highest BCUT2D eigenvalue weighted by molar-refractivity contribution is 5.21. The fraction of sp³-hybridized carbons (Fsp3) is 0.647. The van der Waals surface area contributed by atoms with Gasteiger partial charge in [-0.15, -0.1) is 0 Å². The number of hydrogen-bond acceptors (Lipinski definition) is 3. The van der Waals surface area contributed by atoms with Gasteiger partial charge in [-0.25, -0.2) is 4.39 Å². The molecule has 0 aliphatic heterocycles.